The normalized spacial score (nSPS) is 10.8. The van der Waals surface area contributed by atoms with Gasteiger partial charge in [-0.25, -0.2) is 0 Å². The minimum absolute atomic E-state index is 0.500. The fourth-order valence-electron chi connectivity index (χ4n) is 2.78. The first-order chi connectivity index (χ1) is 11.0. The Kier molecular flexibility index (Phi) is 21.3. The van der Waals surface area contributed by atoms with Crippen molar-refractivity contribution < 1.29 is 14.2 Å². The van der Waals surface area contributed by atoms with E-state index in [9.17, 15) is 0 Å². The Morgan fingerprint density at radius 2 is 0.913 bits per heavy atom. The van der Waals surface area contributed by atoms with E-state index in [4.69, 9.17) is 9.73 Å². The van der Waals surface area contributed by atoms with E-state index in [1.807, 2.05) is 0 Å². The van der Waals surface area contributed by atoms with Crippen molar-refractivity contribution in [3.8, 4) is 0 Å². The number of unbranched alkanes of at least 4 members (excludes halogenated alkanes) is 13. The number of nitrogens with zero attached hydrogens (tertiary/aromatic N) is 1. The minimum atomic E-state index is -0.500. The Morgan fingerprint density at radius 3 is 1.17 bits per heavy atom. The predicted octanol–water partition coefficient (Wildman–Crippen LogP) is 4.49. The van der Waals surface area contributed by atoms with Crippen LogP contribution in [0.5, 0.6) is 0 Å². The van der Waals surface area contributed by atoms with Crippen molar-refractivity contribution >= 4 is 7.35 Å². The monoisotopic (exact) mass is 327 g/mol. The van der Waals surface area contributed by atoms with Crippen LogP contribution in [0.4, 0.5) is 0 Å². The fraction of sp³-hybridized carbons (Fsp3) is 1.00. The van der Waals surface area contributed by atoms with E-state index in [0.717, 1.165) is 4.48 Å². The summed E-state index contributed by atoms with van der Waals surface area (Å²) in [5.74, 6) is 0. The van der Waals surface area contributed by atoms with Gasteiger partial charge in [-0.3, -0.25) is 0 Å². The molecule has 0 saturated carbocycles. The third-order valence-electron chi connectivity index (χ3n) is 4.18. The van der Waals surface area contributed by atoms with Gasteiger partial charge in [0.25, 0.3) is 0 Å². The molecule has 0 spiro atoms. The van der Waals surface area contributed by atoms with Crippen LogP contribution in [0.25, 0.3) is 0 Å². The predicted molar refractivity (Wildman–Crippen MR) is 99.7 cm³/mol. The van der Waals surface area contributed by atoms with Gasteiger partial charge >= 0.3 is 17.1 Å². The van der Waals surface area contributed by atoms with E-state index in [1.165, 1.54) is 96.4 Å². The summed E-state index contributed by atoms with van der Waals surface area (Å²) >= 11 is 0. The van der Waals surface area contributed by atoms with E-state index < -0.39 is 7.35 Å². The summed E-state index contributed by atoms with van der Waals surface area (Å²) in [7, 11) is 6.38. The average molecular weight is 327 g/mol. The Bertz CT molecular complexity index is 230. The van der Waals surface area contributed by atoms with Crippen LogP contribution in [-0.2, 0) is 4.70 Å². The van der Waals surface area contributed by atoms with Gasteiger partial charge in [0.1, 0.15) is 0 Å². The number of quaternary nitrogens is 1. The van der Waals surface area contributed by atoms with Gasteiger partial charge in [-0.15, -0.1) is 0 Å². The quantitative estimate of drug-likeness (QED) is 0.253. The SMILES string of the molecule is CCCCCCCCCCCCCCCC[N+](C)(C)C.O=B[O-]. The standard InChI is InChI=1S/C19H42N.BO2/c1-5-6-7-8-9-10-11-12-13-14-15-16-17-18-19-20(2,3)4;2-1-3/h5-19H2,1-4H3;/q+1;-1. The van der Waals surface area contributed by atoms with E-state index >= 15 is 0 Å². The van der Waals surface area contributed by atoms with Gasteiger partial charge in [0, 0.05) is 0 Å². The second kappa shape index (κ2) is 19.7. The van der Waals surface area contributed by atoms with Crippen LogP contribution in [-0.4, -0.2) is 39.5 Å². The molecule has 23 heavy (non-hydrogen) atoms. The molecule has 0 atom stereocenters. The van der Waals surface area contributed by atoms with Crippen molar-refractivity contribution in [2.45, 2.75) is 96.8 Å². The van der Waals surface area contributed by atoms with Crippen LogP contribution in [0.2, 0.25) is 0 Å². The molecule has 0 aromatic heterocycles. The van der Waals surface area contributed by atoms with Crippen LogP contribution >= 0.6 is 0 Å². The van der Waals surface area contributed by atoms with Gasteiger partial charge in [-0.2, -0.15) is 0 Å². The van der Waals surface area contributed by atoms with Gasteiger partial charge in [0.15, 0.2) is 0 Å². The number of hydrogen-bond acceptors (Lipinski definition) is 2. The van der Waals surface area contributed by atoms with Crippen LogP contribution in [0.15, 0.2) is 0 Å². The van der Waals surface area contributed by atoms with Crippen molar-refractivity contribution in [1.29, 1.82) is 0 Å². The molecule has 0 heterocycles. The topological polar surface area (TPSA) is 40.1 Å². The Hall–Kier alpha value is -0.375. The maximum atomic E-state index is 8.25. The molecule has 0 bridgehead atoms. The van der Waals surface area contributed by atoms with Gasteiger partial charge in [0.05, 0.1) is 27.7 Å². The van der Waals surface area contributed by atoms with Crippen molar-refractivity contribution in [2.24, 2.45) is 0 Å². The molecule has 0 amide bonds. The van der Waals surface area contributed by atoms with E-state index in [1.54, 1.807) is 0 Å². The number of rotatable bonds is 15. The van der Waals surface area contributed by atoms with Gasteiger partial charge < -0.3 is 4.48 Å². The molecule has 3 nitrogen and oxygen atoms in total. The van der Waals surface area contributed by atoms with Crippen molar-refractivity contribution in [3.05, 3.63) is 0 Å². The molecule has 0 aromatic rings. The Labute approximate surface area is 146 Å². The first-order valence-electron chi connectivity index (χ1n) is 9.84. The first-order valence-corrected chi connectivity index (χ1v) is 9.84. The van der Waals surface area contributed by atoms with E-state index in [0.29, 0.717) is 0 Å². The third kappa shape index (κ3) is 30.1. The van der Waals surface area contributed by atoms with Crippen LogP contribution in [0, 0.1) is 0 Å². The summed E-state index contributed by atoms with van der Waals surface area (Å²) in [4.78, 5) is 0. The summed E-state index contributed by atoms with van der Waals surface area (Å²) in [5.41, 5.74) is 0. The molecule has 0 aliphatic carbocycles. The Balaban J connectivity index is 0. The molecule has 0 unspecified atom stereocenters. The Morgan fingerprint density at radius 1 is 0.652 bits per heavy atom. The summed E-state index contributed by atoms with van der Waals surface area (Å²) in [6.45, 7) is 3.63. The first kappa shape index (κ1) is 24.9. The van der Waals surface area contributed by atoms with Crippen molar-refractivity contribution in [2.75, 3.05) is 27.7 Å². The van der Waals surface area contributed by atoms with Gasteiger partial charge in [-0.1, -0.05) is 84.0 Å². The second-order valence-corrected chi connectivity index (χ2v) is 7.71. The molecule has 0 saturated heterocycles. The molecule has 138 valence electrons. The zero-order valence-electron chi connectivity index (χ0n) is 16.4. The molecular weight excluding hydrogens is 285 g/mol. The van der Waals surface area contributed by atoms with E-state index in [2.05, 4.69) is 28.1 Å². The molecule has 0 fully saturated rings. The molecule has 0 radical (unpaired) electrons. The maximum absolute atomic E-state index is 8.25. The van der Waals surface area contributed by atoms with Crippen LogP contribution in [0.1, 0.15) is 96.8 Å². The summed E-state index contributed by atoms with van der Waals surface area (Å²) in [6.07, 6.45) is 20.4. The van der Waals surface area contributed by atoms with Crippen LogP contribution < -0.4 is 5.02 Å². The van der Waals surface area contributed by atoms with E-state index in [-0.39, 0.29) is 0 Å². The number of hydrogen-bond donors (Lipinski definition) is 0. The van der Waals surface area contributed by atoms with Gasteiger partial charge in [-0.05, 0) is 12.8 Å². The molecule has 0 rings (SSSR count). The fourth-order valence-corrected chi connectivity index (χ4v) is 2.78. The van der Waals surface area contributed by atoms with Crippen molar-refractivity contribution in [3.63, 3.8) is 0 Å². The molecular formula is C19H42BNO2. The molecule has 4 heteroatoms. The van der Waals surface area contributed by atoms with Gasteiger partial charge in [0.2, 0.25) is 0 Å². The summed E-state index contributed by atoms with van der Waals surface area (Å²) in [5, 5.41) is 8.25. The molecule has 0 N–H and O–H groups in total. The third-order valence-corrected chi connectivity index (χ3v) is 4.18. The molecule has 0 aromatic carbocycles. The summed E-state index contributed by atoms with van der Waals surface area (Å²) < 4.78 is 9.37. The summed E-state index contributed by atoms with van der Waals surface area (Å²) in [6, 6.07) is 0. The molecule has 0 aliphatic rings. The zero-order chi connectivity index (χ0) is 17.8. The van der Waals surface area contributed by atoms with Crippen molar-refractivity contribution in [1.82, 2.24) is 0 Å². The average Bonchev–Trinajstić information content (AvgIpc) is 2.47. The second-order valence-electron chi connectivity index (χ2n) is 7.71. The zero-order valence-corrected chi connectivity index (χ0v) is 16.4. The van der Waals surface area contributed by atoms with Crippen LogP contribution in [0.3, 0.4) is 0 Å². The molecule has 0 aliphatic heterocycles.